The minimum absolute atomic E-state index is 0. The third-order valence-electron chi connectivity index (χ3n) is 8.82. The second kappa shape index (κ2) is 32.7. The van der Waals surface area contributed by atoms with Gasteiger partial charge in [-0.1, -0.05) is 90.9 Å². The Labute approximate surface area is 296 Å². The van der Waals surface area contributed by atoms with Crippen molar-refractivity contribution in [2.75, 3.05) is 67.5 Å². The molecule has 0 radical (unpaired) electrons. The Morgan fingerprint density at radius 2 is 0.682 bits per heavy atom. The van der Waals surface area contributed by atoms with Gasteiger partial charge in [0.1, 0.15) is 0 Å². The first-order valence-electron chi connectivity index (χ1n) is 18.3. The quantitative estimate of drug-likeness (QED) is 0.0842. The topological polar surface area (TPSA) is 58.2 Å². The van der Waals surface area contributed by atoms with Gasteiger partial charge in [0.2, 0.25) is 11.8 Å². The van der Waals surface area contributed by atoms with Gasteiger partial charge in [-0.15, -0.1) is 0 Å². The van der Waals surface area contributed by atoms with Crippen molar-refractivity contribution in [2.45, 2.75) is 155 Å². The molecule has 2 N–H and O–H groups in total. The van der Waals surface area contributed by atoms with Crippen LogP contribution in [0.5, 0.6) is 0 Å². The van der Waals surface area contributed by atoms with Gasteiger partial charge in [-0.2, -0.15) is 0 Å². The number of nitrogens with one attached hydrogen (secondary N) is 2. The molecule has 0 saturated carbocycles. The summed E-state index contributed by atoms with van der Waals surface area (Å²) in [5.41, 5.74) is 0. The number of hydrogen-bond donors (Lipinski definition) is 2. The molecule has 0 aliphatic rings. The molecule has 0 fully saturated rings. The first-order valence-corrected chi connectivity index (χ1v) is 18.3. The molecule has 0 unspecified atom stereocenters. The summed E-state index contributed by atoms with van der Waals surface area (Å²) in [5.74, 6) is 0.470. The highest BCUT2D eigenvalue weighted by Gasteiger charge is 2.16. The zero-order valence-corrected chi connectivity index (χ0v) is 33.4. The van der Waals surface area contributed by atoms with E-state index in [1.165, 1.54) is 116 Å². The van der Waals surface area contributed by atoms with Crippen LogP contribution in [-0.4, -0.2) is 88.2 Å². The molecule has 6 nitrogen and oxygen atoms in total. The summed E-state index contributed by atoms with van der Waals surface area (Å²) in [7, 11) is 9.31. The van der Waals surface area contributed by atoms with Crippen molar-refractivity contribution < 1.29 is 52.5 Å². The van der Waals surface area contributed by atoms with Gasteiger partial charge in [0.15, 0.2) is 0 Å². The largest absolute Gasteiger partial charge is 1.00 e. The van der Waals surface area contributed by atoms with Crippen molar-refractivity contribution in [3.05, 3.63) is 0 Å². The van der Waals surface area contributed by atoms with Crippen LogP contribution in [0.2, 0.25) is 0 Å². The van der Waals surface area contributed by atoms with E-state index in [4.69, 9.17) is 0 Å². The number of halogens is 2. The minimum Gasteiger partial charge on any atom is -1.00 e. The van der Waals surface area contributed by atoms with E-state index in [2.05, 4.69) is 52.7 Å². The Kier molecular flexibility index (Phi) is 35.9. The lowest BCUT2D eigenvalue weighted by molar-refractivity contribution is -0.891. The number of hydrogen-bond acceptors (Lipinski definition) is 2. The van der Waals surface area contributed by atoms with Crippen molar-refractivity contribution >= 4 is 11.8 Å². The van der Waals surface area contributed by atoms with E-state index in [1.54, 1.807) is 0 Å². The van der Waals surface area contributed by atoms with Crippen LogP contribution in [0, 0.1) is 0 Å². The third-order valence-corrected chi connectivity index (χ3v) is 8.82. The molecule has 44 heavy (non-hydrogen) atoms. The van der Waals surface area contributed by atoms with Crippen molar-refractivity contribution in [1.29, 1.82) is 0 Å². The summed E-state index contributed by atoms with van der Waals surface area (Å²) in [6, 6.07) is 0. The molecule has 0 heterocycles. The number of amides is 2. The van der Waals surface area contributed by atoms with E-state index >= 15 is 0 Å². The van der Waals surface area contributed by atoms with E-state index in [1.807, 2.05) is 0 Å². The number of rotatable bonds is 31. The summed E-state index contributed by atoms with van der Waals surface area (Å²) in [5, 5.41) is 6.27. The number of nitrogens with zero attached hydrogens (tertiary/aromatic N) is 2. The maximum Gasteiger partial charge on any atom is 0.219 e. The third kappa shape index (κ3) is 34.7. The van der Waals surface area contributed by atoms with E-state index in [9.17, 15) is 9.59 Å². The molecule has 0 atom stereocenters. The van der Waals surface area contributed by atoms with Crippen molar-refractivity contribution in [3.63, 3.8) is 0 Å². The molecule has 0 saturated heterocycles. The fraction of sp³-hybridized carbons (Fsp3) is 0.944. The maximum atomic E-state index is 12.1. The first kappa shape index (κ1) is 48.2. The fourth-order valence-electron chi connectivity index (χ4n) is 5.79. The summed E-state index contributed by atoms with van der Waals surface area (Å²) in [6.07, 6.45) is 26.2. The summed E-state index contributed by atoms with van der Waals surface area (Å²) in [4.78, 5) is 24.2. The Morgan fingerprint density at radius 1 is 0.409 bits per heavy atom. The van der Waals surface area contributed by atoms with Gasteiger partial charge in [-0.3, -0.25) is 9.59 Å². The van der Waals surface area contributed by atoms with Crippen molar-refractivity contribution in [1.82, 2.24) is 10.6 Å². The van der Waals surface area contributed by atoms with Gasteiger partial charge in [-0.25, -0.2) is 0 Å². The summed E-state index contributed by atoms with van der Waals surface area (Å²) in [6.45, 7) is 10.8. The molecule has 0 bridgehead atoms. The molecule has 0 aromatic rings. The Balaban J connectivity index is -0.00000840. The average molecular weight is 757 g/mol. The predicted molar refractivity (Wildman–Crippen MR) is 183 cm³/mol. The summed E-state index contributed by atoms with van der Waals surface area (Å²) < 4.78 is 2.08. The number of carbonyl (C=O) groups is 2. The second-order valence-electron chi connectivity index (χ2n) is 14.3. The molecule has 0 aromatic carbocycles. The van der Waals surface area contributed by atoms with Crippen LogP contribution in [0.1, 0.15) is 155 Å². The predicted octanol–water partition coefficient (Wildman–Crippen LogP) is 2.00. The van der Waals surface area contributed by atoms with Crippen LogP contribution in [0.3, 0.4) is 0 Å². The Hall–Kier alpha value is -0.180. The maximum absolute atomic E-state index is 12.1. The smallest absolute Gasteiger partial charge is 0.219 e. The molecule has 8 heteroatoms. The van der Waals surface area contributed by atoms with Crippen LogP contribution in [-0.2, 0) is 9.59 Å². The highest BCUT2D eigenvalue weighted by molar-refractivity contribution is 5.76. The highest BCUT2D eigenvalue weighted by atomic mass is 79.9. The lowest BCUT2D eigenvalue weighted by Gasteiger charge is -2.31. The van der Waals surface area contributed by atoms with E-state index in [0.29, 0.717) is 12.8 Å². The van der Waals surface area contributed by atoms with Gasteiger partial charge in [-0.05, 0) is 38.5 Å². The molecule has 0 aliphatic heterocycles. The van der Waals surface area contributed by atoms with Gasteiger partial charge in [0, 0.05) is 38.8 Å². The SMILES string of the molecule is CCCCCCCCCC(=O)NCCC[N+](C)(C)CCCCCC[N+](C)(C)CCCNC(=O)CCCCCCCCC.[Br-].[Br-]. The van der Waals surface area contributed by atoms with Crippen LogP contribution in [0.4, 0.5) is 0 Å². The molecular weight excluding hydrogens is 680 g/mol. The van der Waals surface area contributed by atoms with Gasteiger partial charge >= 0.3 is 0 Å². The zero-order chi connectivity index (χ0) is 31.4. The minimum atomic E-state index is 0. The average Bonchev–Trinajstić information content (AvgIpc) is 2.94. The van der Waals surface area contributed by atoms with Gasteiger partial charge in [0.25, 0.3) is 0 Å². The second-order valence-corrected chi connectivity index (χ2v) is 14.3. The van der Waals surface area contributed by atoms with Crippen LogP contribution in [0.15, 0.2) is 0 Å². The van der Waals surface area contributed by atoms with Gasteiger partial charge < -0.3 is 53.6 Å². The standard InChI is InChI=1S/C36H74N4O2.2BrH/c1-7-9-11-13-15-17-21-27-35(41)37-29-25-33-39(3,4)31-23-19-20-24-32-40(5,6)34-26-30-38-36(42)28-22-18-16-14-12-10-8-2;;/h7-34H2,1-6H3;2*1H. The molecule has 0 spiro atoms. The van der Waals surface area contributed by atoms with Crippen molar-refractivity contribution in [3.8, 4) is 0 Å². The molecule has 0 aromatic heterocycles. The van der Waals surface area contributed by atoms with Crippen LogP contribution < -0.4 is 44.6 Å². The zero-order valence-electron chi connectivity index (χ0n) is 30.3. The molecule has 266 valence electrons. The normalized spacial score (nSPS) is 11.5. The lowest BCUT2D eigenvalue weighted by Crippen LogP contribution is -3.00. The van der Waals surface area contributed by atoms with Crippen LogP contribution in [0.25, 0.3) is 0 Å². The number of unbranched alkanes of at least 4 members (excludes halogenated alkanes) is 15. The molecule has 0 rings (SSSR count). The lowest BCUT2D eigenvalue weighted by atomic mass is 10.1. The molecule has 2 amide bonds. The molecular formula is C36H76Br2N4O2. The Bertz CT molecular complexity index is 594. The summed E-state index contributed by atoms with van der Waals surface area (Å²) >= 11 is 0. The monoisotopic (exact) mass is 754 g/mol. The van der Waals surface area contributed by atoms with Crippen molar-refractivity contribution in [2.24, 2.45) is 0 Å². The highest BCUT2D eigenvalue weighted by Crippen LogP contribution is 2.11. The van der Waals surface area contributed by atoms with E-state index < -0.39 is 0 Å². The number of carbonyl (C=O) groups excluding carboxylic acids is 2. The van der Waals surface area contributed by atoms with E-state index in [-0.39, 0.29) is 45.8 Å². The van der Waals surface area contributed by atoms with E-state index in [0.717, 1.165) is 60.8 Å². The first-order chi connectivity index (χ1) is 20.1. The van der Waals surface area contributed by atoms with Gasteiger partial charge in [0.05, 0.1) is 54.4 Å². The number of quaternary nitrogens is 2. The fourth-order valence-corrected chi connectivity index (χ4v) is 5.79. The van der Waals surface area contributed by atoms with Crippen LogP contribution >= 0.6 is 0 Å². The Morgan fingerprint density at radius 3 is 1.02 bits per heavy atom. The molecule has 0 aliphatic carbocycles.